The van der Waals surface area contributed by atoms with Crippen LogP contribution in [0, 0.1) is 0 Å². The highest BCUT2D eigenvalue weighted by Gasteiger charge is 2.16. The van der Waals surface area contributed by atoms with Crippen molar-refractivity contribution in [3.05, 3.63) is 54.1 Å². The molecule has 1 aliphatic rings. The highest BCUT2D eigenvalue weighted by molar-refractivity contribution is 5.93. The molecule has 0 aromatic heterocycles. The van der Waals surface area contributed by atoms with E-state index in [0.717, 1.165) is 37.3 Å². The predicted octanol–water partition coefficient (Wildman–Crippen LogP) is 4.21. The monoisotopic (exact) mass is 361 g/mol. The van der Waals surface area contributed by atoms with Crippen molar-refractivity contribution in [3.63, 3.8) is 0 Å². The van der Waals surface area contributed by atoms with Gasteiger partial charge in [-0.25, -0.2) is 4.79 Å². The maximum absolute atomic E-state index is 12.5. The molecule has 138 valence electrons. The van der Waals surface area contributed by atoms with E-state index < -0.39 is 12.6 Å². The predicted molar refractivity (Wildman–Crippen MR) is 96.8 cm³/mol. The molecule has 2 aromatic carbocycles. The number of ether oxygens (including phenoxy) is 1. The quantitative estimate of drug-likeness (QED) is 0.810. The lowest BCUT2D eigenvalue weighted by molar-refractivity contribution is -0.0504. The molecule has 2 aromatic rings. The molecule has 0 unspecified atom stereocenters. The van der Waals surface area contributed by atoms with Gasteiger partial charge in [-0.05, 0) is 31.0 Å². The number of carbonyl (C=O) groups excluding carboxylic acids is 1. The summed E-state index contributed by atoms with van der Waals surface area (Å²) in [7, 11) is 0. The SMILES string of the molecule is O=C(NCc1ccccc1OC(F)F)Nc1ccccc1N1CCCC1. The van der Waals surface area contributed by atoms with E-state index in [1.165, 1.54) is 6.07 Å². The maximum Gasteiger partial charge on any atom is 0.387 e. The Bertz CT molecular complexity index is 749. The van der Waals surface area contributed by atoms with Crippen LogP contribution in [-0.4, -0.2) is 25.7 Å². The number of para-hydroxylation sites is 3. The number of rotatable bonds is 6. The minimum Gasteiger partial charge on any atom is -0.434 e. The summed E-state index contributed by atoms with van der Waals surface area (Å²) >= 11 is 0. The number of halogens is 2. The molecule has 2 amide bonds. The van der Waals surface area contributed by atoms with E-state index in [9.17, 15) is 13.6 Å². The molecule has 1 fully saturated rings. The number of anilines is 2. The van der Waals surface area contributed by atoms with Gasteiger partial charge in [-0.15, -0.1) is 0 Å². The van der Waals surface area contributed by atoms with Crippen LogP contribution in [0.1, 0.15) is 18.4 Å². The minimum absolute atomic E-state index is 0.0558. The van der Waals surface area contributed by atoms with E-state index in [4.69, 9.17) is 0 Å². The first-order chi connectivity index (χ1) is 12.6. The second-order valence-electron chi connectivity index (χ2n) is 6.01. The van der Waals surface area contributed by atoms with Crippen molar-refractivity contribution in [2.75, 3.05) is 23.3 Å². The molecule has 26 heavy (non-hydrogen) atoms. The molecule has 0 atom stereocenters. The molecule has 1 saturated heterocycles. The number of hydrogen-bond acceptors (Lipinski definition) is 3. The molecular formula is C19H21F2N3O2. The van der Waals surface area contributed by atoms with E-state index in [1.54, 1.807) is 18.2 Å². The zero-order chi connectivity index (χ0) is 18.4. The van der Waals surface area contributed by atoms with Crippen LogP contribution in [0.4, 0.5) is 25.0 Å². The molecule has 2 N–H and O–H groups in total. The Kier molecular flexibility index (Phi) is 5.88. The van der Waals surface area contributed by atoms with E-state index in [0.29, 0.717) is 5.56 Å². The van der Waals surface area contributed by atoms with Crippen molar-refractivity contribution in [3.8, 4) is 5.75 Å². The molecule has 1 aliphatic heterocycles. The third kappa shape index (κ3) is 4.62. The molecule has 5 nitrogen and oxygen atoms in total. The molecule has 0 spiro atoms. The van der Waals surface area contributed by atoms with E-state index in [2.05, 4.69) is 20.3 Å². The molecule has 0 saturated carbocycles. The van der Waals surface area contributed by atoms with Gasteiger partial charge in [0.05, 0.1) is 11.4 Å². The lowest BCUT2D eigenvalue weighted by Gasteiger charge is -2.21. The molecule has 0 radical (unpaired) electrons. The molecule has 7 heteroatoms. The summed E-state index contributed by atoms with van der Waals surface area (Å²) in [6.07, 6.45) is 2.28. The first kappa shape index (κ1) is 18.0. The summed E-state index contributed by atoms with van der Waals surface area (Å²) in [6.45, 7) is -0.880. The average molecular weight is 361 g/mol. The minimum atomic E-state index is -2.91. The number of hydrogen-bond donors (Lipinski definition) is 2. The fourth-order valence-electron chi connectivity index (χ4n) is 3.02. The lowest BCUT2D eigenvalue weighted by Crippen LogP contribution is -2.29. The van der Waals surface area contributed by atoms with Crippen LogP contribution in [0.2, 0.25) is 0 Å². The normalized spacial score (nSPS) is 13.7. The highest BCUT2D eigenvalue weighted by atomic mass is 19.3. The van der Waals surface area contributed by atoms with Gasteiger partial charge in [-0.3, -0.25) is 0 Å². The Morgan fingerprint density at radius 1 is 1.08 bits per heavy atom. The Morgan fingerprint density at radius 3 is 2.54 bits per heavy atom. The summed E-state index contributed by atoms with van der Waals surface area (Å²) in [5.41, 5.74) is 2.20. The van der Waals surface area contributed by atoms with Gasteiger partial charge in [0.2, 0.25) is 0 Å². The average Bonchev–Trinajstić information content (AvgIpc) is 3.15. The van der Waals surface area contributed by atoms with Gasteiger partial charge < -0.3 is 20.3 Å². The van der Waals surface area contributed by atoms with Crippen LogP contribution in [0.5, 0.6) is 5.75 Å². The van der Waals surface area contributed by atoms with Crippen molar-refractivity contribution < 1.29 is 18.3 Å². The van der Waals surface area contributed by atoms with Crippen LogP contribution in [0.25, 0.3) is 0 Å². The summed E-state index contributed by atoms with van der Waals surface area (Å²) in [5, 5.41) is 5.52. The molecular weight excluding hydrogens is 340 g/mol. The summed E-state index contributed by atoms with van der Waals surface area (Å²) < 4.78 is 29.4. The van der Waals surface area contributed by atoms with E-state index in [1.807, 2.05) is 24.3 Å². The second-order valence-corrected chi connectivity index (χ2v) is 6.01. The van der Waals surface area contributed by atoms with Crippen molar-refractivity contribution in [1.29, 1.82) is 0 Å². The number of nitrogens with zero attached hydrogens (tertiary/aromatic N) is 1. The van der Waals surface area contributed by atoms with Crippen LogP contribution in [0.15, 0.2) is 48.5 Å². The van der Waals surface area contributed by atoms with Crippen LogP contribution < -0.4 is 20.3 Å². The van der Waals surface area contributed by atoms with Gasteiger partial charge in [-0.1, -0.05) is 30.3 Å². The Morgan fingerprint density at radius 2 is 1.77 bits per heavy atom. The number of alkyl halides is 2. The molecule has 0 bridgehead atoms. The number of nitrogens with one attached hydrogen (secondary N) is 2. The van der Waals surface area contributed by atoms with Crippen LogP contribution in [-0.2, 0) is 6.54 Å². The lowest BCUT2D eigenvalue weighted by atomic mass is 10.2. The Hall–Kier alpha value is -2.83. The van der Waals surface area contributed by atoms with Gasteiger partial charge in [-0.2, -0.15) is 8.78 Å². The fourth-order valence-corrected chi connectivity index (χ4v) is 3.02. The summed E-state index contributed by atoms with van der Waals surface area (Å²) in [5.74, 6) is 0.0558. The molecule has 0 aliphatic carbocycles. The fraction of sp³-hybridized carbons (Fsp3) is 0.316. The number of amides is 2. The molecule has 1 heterocycles. The van der Waals surface area contributed by atoms with E-state index >= 15 is 0 Å². The first-order valence-electron chi connectivity index (χ1n) is 8.55. The second kappa shape index (κ2) is 8.51. The van der Waals surface area contributed by atoms with Gasteiger partial charge in [0.1, 0.15) is 5.75 Å². The van der Waals surface area contributed by atoms with Crippen molar-refractivity contribution >= 4 is 17.4 Å². The van der Waals surface area contributed by atoms with E-state index in [-0.39, 0.29) is 12.3 Å². The van der Waals surface area contributed by atoms with Gasteiger partial charge in [0.25, 0.3) is 0 Å². The van der Waals surface area contributed by atoms with Crippen LogP contribution >= 0.6 is 0 Å². The van der Waals surface area contributed by atoms with Crippen LogP contribution in [0.3, 0.4) is 0 Å². The van der Waals surface area contributed by atoms with Crippen molar-refractivity contribution in [1.82, 2.24) is 5.32 Å². The number of carbonyl (C=O) groups is 1. The summed E-state index contributed by atoms with van der Waals surface area (Å²) in [6, 6.07) is 13.6. The maximum atomic E-state index is 12.5. The molecule has 3 rings (SSSR count). The topological polar surface area (TPSA) is 53.6 Å². The zero-order valence-corrected chi connectivity index (χ0v) is 14.3. The third-order valence-electron chi connectivity index (χ3n) is 4.23. The third-order valence-corrected chi connectivity index (χ3v) is 4.23. The first-order valence-corrected chi connectivity index (χ1v) is 8.55. The van der Waals surface area contributed by atoms with Gasteiger partial charge >= 0.3 is 12.6 Å². The summed E-state index contributed by atoms with van der Waals surface area (Å²) in [4.78, 5) is 14.5. The van der Waals surface area contributed by atoms with Gasteiger partial charge in [0.15, 0.2) is 0 Å². The Balaban J connectivity index is 1.62. The Labute approximate surface area is 151 Å². The standard InChI is InChI=1S/C19H21F2N3O2/c20-18(21)26-17-10-4-1-7-14(17)13-22-19(25)23-15-8-2-3-9-16(15)24-11-5-6-12-24/h1-4,7-10,18H,5-6,11-13H2,(H2,22,23,25). The zero-order valence-electron chi connectivity index (χ0n) is 14.3. The highest BCUT2D eigenvalue weighted by Crippen LogP contribution is 2.28. The smallest absolute Gasteiger partial charge is 0.387 e. The van der Waals surface area contributed by atoms with Crippen molar-refractivity contribution in [2.24, 2.45) is 0 Å². The van der Waals surface area contributed by atoms with Gasteiger partial charge in [0, 0.05) is 25.2 Å². The largest absolute Gasteiger partial charge is 0.434 e. The van der Waals surface area contributed by atoms with Crippen molar-refractivity contribution in [2.45, 2.75) is 26.0 Å². The number of benzene rings is 2. The number of urea groups is 1.